The molecule has 1 atom stereocenters. The maximum absolute atomic E-state index is 11.9. The second kappa shape index (κ2) is 7.36. The molecule has 0 saturated heterocycles. The number of nitrogens with zero attached hydrogens (tertiary/aromatic N) is 1. The third-order valence-corrected chi connectivity index (χ3v) is 3.11. The SMILES string of the molecule is COCCC(C)Nc1cc(C(=O)N(C)C)ccc1Cl. The van der Waals surface area contributed by atoms with Crippen LogP contribution in [-0.4, -0.2) is 44.7 Å². The molecule has 19 heavy (non-hydrogen) atoms. The van der Waals surface area contributed by atoms with E-state index < -0.39 is 0 Å². The summed E-state index contributed by atoms with van der Waals surface area (Å²) in [5.74, 6) is -0.0377. The molecule has 0 aliphatic heterocycles. The highest BCUT2D eigenvalue weighted by Gasteiger charge is 2.12. The quantitative estimate of drug-likeness (QED) is 0.873. The minimum Gasteiger partial charge on any atom is -0.385 e. The van der Waals surface area contributed by atoms with Crippen LogP contribution in [0.1, 0.15) is 23.7 Å². The third kappa shape index (κ3) is 4.73. The summed E-state index contributed by atoms with van der Waals surface area (Å²) < 4.78 is 5.04. The van der Waals surface area contributed by atoms with Gasteiger partial charge in [-0.3, -0.25) is 4.79 Å². The summed E-state index contributed by atoms with van der Waals surface area (Å²) in [6, 6.07) is 5.48. The number of carbonyl (C=O) groups excluding carboxylic acids is 1. The van der Waals surface area contributed by atoms with Crippen LogP contribution in [0.25, 0.3) is 0 Å². The van der Waals surface area contributed by atoms with Crippen LogP contribution < -0.4 is 5.32 Å². The van der Waals surface area contributed by atoms with E-state index in [9.17, 15) is 4.79 Å². The second-order valence-corrected chi connectivity index (χ2v) is 5.13. The van der Waals surface area contributed by atoms with Gasteiger partial charge in [0.2, 0.25) is 0 Å². The molecule has 0 radical (unpaired) electrons. The molecule has 0 spiro atoms. The van der Waals surface area contributed by atoms with Gasteiger partial charge in [-0.2, -0.15) is 0 Å². The number of hydrogen-bond donors (Lipinski definition) is 1. The van der Waals surface area contributed by atoms with Crippen LogP contribution in [0, 0.1) is 0 Å². The summed E-state index contributed by atoms with van der Waals surface area (Å²) in [5.41, 5.74) is 1.40. The van der Waals surface area contributed by atoms with Crippen molar-refractivity contribution in [1.29, 1.82) is 0 Å². The molecular formula is C14H21ClN2O2. The van der Waals surface area contributed by atoms with E-state index in [0.717, 1.165) is 12.1 Å². The number of ether oxygens (including phenoxy) is 1. The van der Waals surface area contributed by atoms with E-state index in [2.05, 4.69) is 12.2 Å². The average Bonchev–Trinajstić information content (AvgIpc) is 2.38. The third-order valence-electron chi connectivity index (χ3n) is 2.78. The van der Waals surface area contributed by atoms with E-state index in [0.29, 0.717) is 17.2 Å². The largest absolute Gasteiger partial charge is 0.385 e. The molecule has 1 aromatic carbocycles. The van der Waals surface area contributed by atoms with Gasteiger partial charge < -0.3 is 15.0 Å². The average molecular weight is 285 g/mol. The summed E-state index contributed by atoms with van der Waals surface area (Å²) in [6.07, 6.45) is 0.874. The normalized spacial score (nSPS) is 12.1. The molecule has 4 nitrogen and oxygen atoms in total. The van der Waals surface area contributed by atoms with Gasteiger partial charge in [0.15, 0.2) is 0 Å². The molecule has 0 aliphatic rings. The Morgan fingerprint density at radius 2 is 2.16 bits per heavy atom. The summed E-state index contributed by atoms with van der Waals surface area (Å²) >= 11 is 6.14. The van der Waals surface area contributed by atoms with Crippen LogP contribution in [0.2, 0.25) is 5.02 Å². The van der Waals surface area contributed by atoms with Crippen LogP contribution in [0.3, 0.4) is 0 Å². The van der Waals surface area contributed by atoms with E-state index in [-0.39, 0.29) is 11.9 Å². The molecule has 1 amide bonds. The molecule has 1 unspecified atom stereocenters. The van der Waals surface area contributed by atoms with Gasteiger partial charge in [-0.05, 0) is 31.5 Å². The van der Waals surface area contributed by atoms with E-state index in [1.54, 1.807) is 44.3 Å². The number of anilines is 1. The zero-order valence-corrected chi connectivity index (χ0v) is 12.6. The number of halogens is 1. The van der Waals surface area contributed by atoms with Crippen molar-refractivity contribution in [1.82, 2.24) is 4.90 Å². The Morgan fingerprint density at radius 3 is 2.74 bits per heavy atom. The van der Waals surface area contributed by atoms with Gasteiger partial charge in [0.1, 0.15) is 0 Å². The molecule has 0 saturated carbocycles. The molecular weight excluding hydrogens is 264 g/mol. The second-order valence-electron chi connectivity index (χ2n) is 4.72. The van der Waals surface area contributed by atoms with Crippen molar-refractivity contribution in [2.24, 2.45) is 0 Å². The maximum Gasteiger partial charge on any atom is 0.253 e. The molecule has 1 N–H and O–H groups in total. The minimum atomic E-state index is -0.0377. The fourth-order valence-corrected chi connectivity index (χ4v) is 1.83. The molecule has 0 aromatic heterocycles. The Balaban J connectivity index is 2.82. The standard InChI is InChI=1S/C14H21ClN2O2/c1-10(7-8-19-4)16-13-9-11(5-6-12(13)15)14(18)17(2)3/h5-6,9-10,16H,7-8H2,1-4H3. The highest BCUT2D eigenvalue weighted by Crippen LogP contribution is 2.24. The molecule has 1 aromatic rings. The first kappa shape index (κ1) is 15.8. The molecule has 1 rings (SSSR count). The Kier molecular flexibility index (Phi) is 6.12. The van der Waals surface area contributed by atoms with E-state index in [1.807, 2.05) is 0 Å². The number of hydrogen-bond acceptors (Lipinski definition) is 3. The fourth-order valence-electron chi connectivity index (χ4n) is 1.66. The van der Waals surface area contributed by atoms with Gasteiger partial charge >= 0.3 is 0 Å². The van der Waals surface area contributed by atoms with Crippen molar-refractivity contribution in [3.05, 3.63) is 28.8 Å². The van der Waals surface area contributed by atoms with Gasteiger partial charge in [0.05, 0.1) is 10.7 Å². The number of benzene rings is 1. The van der Waals surface area contributed by atoms with Gasteiger partial charge in [-0.1, -0.05) is 11.6 Å². The van der Waals surface area contributed by atoms with Gasteiger partial charge in [0, 0.05) is 39.4 Å². The van der Waals surface area contributed by atoms with Crippen molar-refractivity contribution in [2.75, 3.05) is 33.1 Å². The number of nitrogens with one attached hydrogen (secondary N) is 1. The number of carbonyl (C=O) groups is 1. The van der Waals surface area contributed by atoms with Gasteiger partial charge in [-0.15, -0.1) is 0 Å². The van der Waals surface area contributed by atoms with Gasteiger partial charge in [-0.25, -0.2) is 0 Å². The first-order valence-electron chi connectivity index (χ1n) is 6.22. The number of amides is 1. The Morgan fingerprint density at radius 1 is 1.47 bits per heavy atom. The molecule has 106 valence electrons. The van der Waals surface area contributed by atoms with E-state index in [4.69, 9.17) is 16.3 Å². The lowest BCUT2D eigenvalue weighted by Crippen LogP contribution is -2.22. The maximum atomic E-state index is 11.9. The lowest BCUT2D eigenvalue weighted by Gasteiger charge is -2.17. The van der Waals surface area contributed by atoms with Crippen molar-refractivity contribution in [2.45, 2.75) is 19.4 Å². The molecule has 5 heteroatoms. The van der Waals surface area contributed by atoms with Crippen LogP contribution in [0.15, 0.2) is 18.2 Å². The zero-order valence-electron chi connectivity index (χ0n) is 11.9. The van der Waals surface area contributed by atoms with Crippen LogP contribution in [-0.2, 0) is 4.74 Å². The first-order valence-corrected chi connectivity index (χ1v) is 6.60. The van der Waals surface area contributed by atoms with Crippen molar-refractivity contribution >= 4 is 23.2 Å². The van der Waals surface area contributed by atoms with Crippen molar-refractivity contribution < 1.29 is 9.53 Å². The molecule has 0 bridgehead atoms. The Bertz CT molecular complexity index is 435. The van der Waals surface area contributed by atoms with Crippen LogP contribution in [0.4, 0.5) is 5.69 Å². The zero-order chi connectivity index (χ0) is 14.4. The highest BCUT2D eigenvalue weighted by molar-refractivity contribution is 6.33. The highest BCUT2D eigenvalue weighted by atomic mass is 35.5. The predicted octanol–water partition coefficient (Wildman–Crippen LogP) is 2.88. The fraction of sp³-hybridized carbons (Fsp3) is 0.500. The summed E-state index contributed by atoms with van der Waals surface area (Å²) in [4.78, 5) is 13.4. The summed E-state index contributed by atoms with van der Waals surface area (Å²) in [7, 11) is 5.13. The van der Waals surface area contributed by atoms with Crippen molar-refractivity contribution in [3.63, 3.8) is 0 Å². The predicted molar refractivity (Wildman–Crippen MR) is 79.0 cm³/mol. The van der Waals surface area contributed by atoms with Crippen LogP contribution in [0.5, 0.6) is 0 Å². The smallest absolute Gasteiger partial charge is 0.253 e. The van der Waals surface area contributed by atoms with E-state index in [1.165, 1.54) is 0 Å². The summed E-state index contributed by atoms with van der Waals surface area (Å²) in [5, 5.41) is 3.91. The van der Waals surface area contributed by atoms with E-state index >= 15 is 0 Å². The molecule has 0 heterocycles. The first-order chi connectivity index (χ1) is 8.95. The lowest BCUT2D eigenvalue weighted by atomic mass is 10.1. The van der Waals surface area contributed by atoms with Crippen molar-refractivity contribution in [3.8, 4) is 0 Å². The monoisotopic (exact) mass is 284 g/mol. The summed E-state index contributed by atoms with van der Waals surface area (Å²) in [6.45, 7) is 2.73. The van der Waals surface area contributed by atoms with Crippen LogP contribution >= 0.6 is 11.6 Å². The number of methoxy groups -OCH3 is 1. The number of rotatable bonds is 6. The van der Waals surface area contributed by atoms with Gasteiger partial charge in [0.25, 0.3) is 5.91 Å². The molecule has 0 aliphatic carbocycles. The minimum absolute atomic E-state index is 0.0377. The lowest BCUT2D eigenvalue weighted by molar-refractivity contribution is 0.0827. The Labute approximate surface area is 119 Å². The topological polar surface area (TPSA) is 41.6 Å². The Hall–Kier alpha value is -1.26. The molecule has 0 fully saturated rings.